The molecular formula is C27H32O5S2. The Morgan fingerprint density at radius 2 is 1.44 bits per heavy atom. The number of aryl methyl sites for hydroxylation is 1. The van der Waals surface area contributed by atoms with Crippen LogP contribution in [0.3, 0.4) is 0 Å². The summed E-state index contributed by atoms with van der Waals surface area (Å²) in [6.07, 6.45) is 2.79. The molecule has 0 N–H and O–H groups in total. The van der Waals surface area contributed by atoms with Crippen LogP contribution < -0.4 is 13.7 Å². The number of benzene rings is 3. The Morgan fingerprint density at radius 3 is 2.09 bits per heavy atom. The van der Waals surface area contributed by atoms with Gasteiger partial charge in [-0.25, -0.2) is 0 Å². The van der Waals surface area contributed by atoms with Gasteiger partial charge in [-0.1, -0.05) is 24.3 Å². The molecule has 34 heavy (non-hydrogen) atoms. The lowest BCUT2D eigenvalue weighted by molar-refractivity contribution is 0.131. The average molecular weight is 501 g/mol. The fraction of sp³-hybridized carbons (Fsp3) is 0.333. The van der Waals surface area contributed by atoms with E-state index in [2.05, 4.69) is 36.4 Å². The second kappa shape index (κ2) is 11.7. The van der Waals surface area contributed by atoms with Crippen LogP contribution >= 0.6 is 11.8 Å². The predicted octanol–water partition coefficient (Wildman–Crippen LogP) is 6.16. The molecule has 0 saturated heterocycles. The molecule has 0 aromatic heterocycles. The highest BCUT2D eigenvalue weighted by atomic mass is 32.2. The van der Waals surface area contributed by atoms with Crippen molar-refractivity contribution in [1.82, 2.24) is 0 Å². The van der Waals surface area contributed by atoms with Crippen molar-refractivity contribution in [3.63, 3.8) is 0 Å². The molecule has 0 fully saturated rings. The second-order valence-electron chi connectivity index (χ2n) is 8.96. The molecule has 0 bridgehead atoms. The summed E-state index contributed by atoms with van der Waals surface area (Å²) >= 11 is 1.84. The third-order valence-corrected chi connectivity index (χ3v) is 6.13. The van der Waals surface area contributed by atoms with Crippen molar-refractivity contribution in [2.45, 2.75) is 44.1 Å². The number of rotatable bonds is 11. The van der Waals surface area contributed by atoms with E-state index in [-0.39, 0.29) is 11.4 Å². The highest BCUT2D eigenvalue weighted by molar-refractivity contribution is 7.99. The molecule has 0 atom stereocenters. The molecule has 0 heterocycles. The van der Waals surface area contributed by atoms with Crippen LogP contribution in [0.2, 0.25) is 0 Å². The number of ether oxygens (including phenoxy) is 2. The van der Waals surface area contributed by atoms with Gasteiger partial charge in [0, 0.05) is 17.1 Å². The van der Waals surface area contributed by atoms with Crippen LogP contribution in [0.25, 0.3) is 0 Å². The minimum absolute atomic E-state index is 0.187. The highest BCUT2D eigenvalue weighted by Gasteiger charge is 2.11. The van der Waals surface area contributed by atoms with Gasteiger partial charge in [0.1, 0.15) is 22.8 Å². The standard InChI is InChI=1S/C27H32O5S2/c1-27(2,3)31-24-10-8-21(9-11-24)17-19-33-26-7-5-6-22(20-26)16-18-30-23-12-14-25(15-13-23)32-34(4,28)29/h5-15,20H,16-19H2,1-4H3. The highest BCUT2D eigenvalue weighted by Crippen LogP contribution is 2.23. The van der Waals surface area contributed by atoms with E-state index in [4.69, 9.17) is 13.7 Å². The van der Waals surface area contributed by atoms with Crippen LogP contribution in [0, 0.1) is 0 Å². The van der Waals surface area contributed by atoms with Gasteiger partial charge in [0.15, 0.2) is 0 Å². The molecule has 0 saturated carbocycles. The van der Waals surface area contributed by atoms with Crippen molar-refractivity contribution in [3.05, 3.63) is 83.9 Å². The largest absolute Gasteiger partial charge is 0.493 e. The van der Waals surface area contributed by atoms with Crippen LogP contribution in [0.4, 0.5) is 0 Å². The molecule has 0 aliphatic heterocycles. The van der Waals surface area contributed by atoms with E-state index >= 15 is 0 Å². The van der Waals surface area contributed by atoms with Crippen molar-refractivity contribution in [3.8, 4) is 17.2 Å². The van der Waals surface area contributed by atoms with Crippen molar-refractivity contribution >= 4 is 21.9 Å². The molecule has 7 heteroatoms. The van der Waals surface area contributed by atoms with E-state index in [1.54, 1.807) is 24.3 Å². The molecule has 3 aromatic carbocycles. The maximum absolute atomic E-state index is 11.2. The van der Waals surface area contributed by atoms with Gasteiger partial charge in [-0.05, 0) is 86.8 Å². The summed E-state index contributed by atoms with van der Waals surface area (Å²) in [7, 11) is -3.53. The van der Waals surface area contributed by atoms with Crippen molar-refractivity contribution in [2.75, 3.05) is 18.6 Å². The summed E-state index contributed by atoms with van der Waals surface area (Å²) in [5, 5.41) is 0. The first-order valence-corrected chi connectivity index (χ1v) is 14.0. The summed E-state index contributed by atoms with van der Waals surface area (Å²) in [4.78, 5) is 1.24. The molecule has 0 spiro atoms. The lowest BCUT2D eigenvalue weighted by Gasteiger charge is -2.21. The minimum Gasteiger partial charge on any atom is -0.493 e. The zero-order valence-electron chi connectivity index (χ0n) is 20.1. The third kappa shape index (κ3) is 9.69. The van der Waals surface area contributed by atoms with Gasteiger partial charge >= 0.3 is 10.1 Å². The number of hydrogen-bond acceptors (Lipinski definition) is 6. The first-order valence-electron chi connectivity index (χ1n) is 11.2. The van der Waals surface area contributed by atoms with Crippen LogP contribution in [0.1, 0.15) is 31.9 Å². The smallest absolute Gasteiger partial charge is 0.306 e. The fourth-order valence-corrected chi connectivity index (χ4v) is 4.65. The summed E-state index contributed by atoms with van der Waals surface area (Å²) in [5.74, 6) is 2.84. The number of hydrogen-bond donors (Lipinski definition) is 0. The van der Waals surface area contributed by atoms with Gasteiger partial charge in [-0.15, -0.1) is 11.8 Å². The summed E-state index contributed by atoms with van der Waals surface area (Å²) in [6, 6.07) is 23.4. The van der Waals surface area contributed by atoms with E-state index in [0.29, 0.717) is 12.4 Å². The van der Waals surface area contributed by atoms with Gasteiger partial charge in [-0.3, -0.25) is 0 Å². The lowest BCUT2D eigenvalue weighted by atomic mass is 10.1. The molecule has 182 valence electrons. The molecule has 3 rings (SSSR count). The Labute approximate surface area is 207 Å². The molecule has 0 unspecified atom stereocenters. The quantitative estimate of drug-likeness (QED) is 0.232. The van der Waals surface area contributed by atoms with Gasteiger partial charge < -0.3 is 13.7 Å². The Kier molecular flexibility index (Phi) is 8.91. The van der Waals surface area contributed by atoms with Gasteiger partial charge in [0.05, 0.1) is 12.9 Å². The Balaban J connectivity index is 1.42. The normalized spacial score (nSPS) is 11.8. The summed E-state index contributed by atoms with van der Waals surface area (Å²) in [5.41, 5.74) is 2.32. The second-order valence-corrected chi connectivity index (χ2v) is 11.7. The van der Waals surface area contributed by atoms with E-state index < -0.39 is 10.1 Å². The van der Waals surface area contributed by atoms with E-state index in [0.717, 1.165) is 30.6 Å². The molecule has 0 radical (unpaired) electrons. The summed E-state index contributed by atoms with van der Waals surface area (Å²) in [6.45, 7) is 6.68. The first-order chi connectivity index (χ1) is 16.1. The van der Waals surface area contributed by atoms with Crippen LogP contribution in [0.5, 0.6) is 17.2 Å². The first kappa shape index (κ1) is 26.0. The van der Waals surface area contributed by atoms with Crippen molar-refractivity contribution in [1.29, 1.82) is 0 Å². The van der Waals surface area contributed by atoms with Crippen LogP contribution in [-0.4, -0.2) is 32.6 Å². The molecule has 0 aliphatic rings. The van der Waals surface area contributed by atoms with Crippen LogP contribution in [-0.2, 0) is 23.0 Å². The maximum atomic E-state index is 11.2. The fourth-order valence-electron chi connectivity index (χ4n) is 3.21. The van der Waals surface area contributed by atoms with E-state index in [1.807, 2.05) is 44.7 Å². The summed E-state index contributed by atoms with van der Waals surface area (Å²) < 4.78 is 38.9. The SMILES string of the molecule is CC(C)(C)Oc1ccc(CCSc2cccc(CCOc3ccc(OS(C)(=O)=O)cc3)c2)cc1. The third-order valence-electron chi connectivity index (χ3n) is 4.64. The molecule has 3 aromatic rings. The van der Waals surface area contributed by atoms with E-state index in [9.17, 15) is 8.42 Å². The molecular weight excluding hydrogens is 468 g/mol. The van der Waals surface area contributed by atoms with E-state index in [1.165, 1.54) is 16.0 Å². The minimum atomic E-state index is -3.53. The maximum Gasteiger partial charge on any atom is 0.306 e. The predicted molar refractivity (Wildman–Crippen MR) is 139 cm³/mol. The Morgan fingerprint density at radius 1 is 0.794 bits per heavy atom. The van der Waals surface area contributed by atoms with Gasteiger partial charge in [-0.2, -0.15) is 8.42 Å². The Bertz CT molecular complexity index is 1150. The zero-order chi connectivity index (χ0) is 24.6. The lowest BCUT2D eigenvalue weighted by Crippen LogP contribution is -2.22. The van der Waals surface area contributed by atoms with Crippen molar-refractivity contribution in [2.24, 2.45) is 0 Å². The van der Waals surface area contributed by atoms with Gasteiger partial charge in [0.2, 0.25) is 0 Å². The molecule has 5 nitrogen and oxygen atoms in total. The zero-order valence-corrected chi connectivity index (χ0v) is 21.7. The molecule has 0 amide bonds. The Hall–Kier alpha value is -2.64. The average Bonchev–Trinajstić information content (AvgIpc) is 2.75. The van der Waals surface area contributed by atoms with Crippen LogP contribution in [0.15, 0.2) is 77.7 Å². The topological polar surface area (TPSA) is 61.8 Å². The monoisotopic (exact) mass is 500 g/mol. The molecule has 0 aliphatic carbocycles. The number of thioether (sulfide) groups is 1. The van der Waals surface area contributed by atoms with Gasteiger partial charge in [0.25, 0.3) is 0 Å². The van der Waals surface area contributed by atoms with Crippen molar-refractivity contribution < 1.29 is 22.1 Å².